The zero-order valence-electron chi connectivity index (χ0n) is 16.5. The molecule has 3 heterocycles. The molecule has 0 saturated carbocycles. The van der Waals surface area contributed by atoms with E-state index in [4.69, 9.17) is 4.42 Å². The molecule has 7 nitrogen and oxygen atoms in total. The second-order valence-electron chi connectivity index (χ2n) is 7.08. The molecule has 0 radical (unpaired) electrons. The predicted octanol–water partition coefficient (Wildman–Crippen LogP) is 4.34. The first-order chi connectivity index (χ1) is 14.5. The van der Waals surface area contributed by atoms with Crippen LogP contribution in [-0.4, -0.2) is 27.8 Å². The largest absolute Gasteiger partial charge is 0.459 e. The van der Waals surface area contributed by atoms with Crippen molar-refractivity contribution in [3.05, 3.63) is 66.8 Å². The Labute approximate surface area is 177 Å². The molecule has 0 aliphatic heterocycles. The lowest BCUT2D eigenvalue weighted by Crippen LogP contribution is -2.47. The Hall–Kier alpha value is -3.52. The number of benzene rings is 1. The van der Waals surface area contributed by atoms with Gasteiger partial charge in [0.1, 0.15) is 16.9 Å². The molecule has 0 saturated heterocycles. The Morgan fingerprint density at radius 2 is 1.90 bits per heavy atom. The number of fused-ring (bicyclic) bond motifs is 1. The summed E-state index contributed by atoms with van der Waals surface area (Å²) in [6.07, 6.45) is 3.09. The Bertz CT molecular complexity index is 1130. The molecule has 0 bridgehead atoms. The molecule has 30 heavy (non-hydrogen) atoms. The lowest BCUT2D eigenvalue weighted by Gasteiger charge is -2.21. The quantitative estimate of drug-likeness (QED) is 0.483. The molecule has 0 aliphatic rings. The Kier molecular flexibility index (Phi) is 5.58. The first-order valence-corrected chi connectivity index (χ1v) is 10.3. The lowest BCUT2D eigenvalue weighted by molar-refractivity contribution is -0.118. The van der Waals surface area contributed by atoms with Gasteiger partial charge >= 0.3 is 0 Å². The number of nitrogens with zero attached hydrogens (tertiary/aromatic N) is 2. The summed E-state index contributed by atoms with van der Waals surface area (Å²) in [5, 5.41) is 6.34. The molecule has 1 aromatic carbocycles. The molecule has 2 N–H and O–H groups in total. The van der Waals surface area contributed by atoms with Crippen LogP contribution in [-0.2, 0) is 4.79 Å². The molecule has 3 aromatic heterocycles. The maximum atomic E-state index is 12.7. The van der Waals surface area contributed by atoms with Crippen LogP contribution in [0.25, 0.3) is 20.8 Å². The van der Waals surface area contributed by atoms with Crippen LogP contribution < -0.4 is 10.6 Å². The van der Waals surface area contributed by atoms with Gasteiger partial charge in [0.25, 0.3) is 5.91 Å². The first kappa shape index (κ1) is 19.8. The number of hydrogen-bond acceptors (Lipinski definition) is 6. The lowest BCUT2D eigenvalue weighted by atomic mass is 10.0. The van der Waals surface area contributed by atoms with E-state index in [1.807, 2.05) is 44.2 Å². The molecule has 8 heteroatoms. The third-order valence-electron chi connectivity index (χ3n) is 4.54. The van der Waals surface area contributed by atoms with E-state index in [-0.39, 0.29) is 17.6 Å². The molecule has 1 atom stereocenters. The Morgan fingerprint density at radius 1 is 1.07 bits per heavy atom. The summed E-state index contributed by atoms with van der Waals surface area (Å²) in [7, 11) is 0. The molecule has 0 spiro atoms. The van der Waals surface area contributed by atoms with Crippen molar-refractivity contribution < 1.29 is 14.0 Å². The van der Waals surface area contributed by atoms with E-state index in [1.165, 1.54) is 6.26 Å². The summed E-state index contributed by atoms with van der Waals surface area (Å²) in [6.45, 7) is 3.71. The maximum absolute atomic E-state index is 12.7. The van der Waals surface area contributed by atoms with E-state index in [0.29, 0.717) is 5.82 Å². The molecule has 0 aliphatic carbocycles. The van der Waals surface area contributed by atoms with Crippen molar-refractivity contribution in [3.63, 3.8) is 0 Å². The average molecular weight is 420 g/mol. The Morgan fingerprint density at radius 3 is 2.57 bits per heavy atom. The summed E-state index contributed by atoms with van der Waals surface area (Å²) in [4.78, 5) is 33.9. The van der Waals surface area contributed by atoms with Crippen LogP contribution in [0.15, 0.2) is 65.4 Å². The minimum Gasteiger partial charge on any atom is -0.459 e. The van der Waals surface area contributed by atoms with Gasteiger partial charge in [-0.2, -0.15) is 0 Å². The number of hydrogen-bond donors (Lipinski definition) is 2. The number of nitrogens with one attached hydrogen (secondary N) is 2. The monoisotopic (exact) mass is 420 g/mol. The van der Waals surface area contributed by atoms with E-state index >= 15 is 0 Å². The van der Waals surface area contributed by atoms with Gasteiger partial charge in [0, 0.05) is 11.8 Å². The fourth-order valence-corrected chi connectivity index (χ4v) is 3.90. The van der Waals surface area contributed by atoms with Crippen LogP contribution in [0.3, 0.4) is 0 Å². The fraction of sp³-hybridized carbons (Fsp3) is 0.182. The molecule has 4 aromatic rings. The van der Waals surface area contributed by atoms with E-state index < -0.39 is 11.9 Å². The van der Waals surface area contributed by atoms with E-state index in [0.717, 1.165) is 20.8 Å². The van der Waals surface area contributed by atoms with Gasteiger partial charge in [0.05, 0.1) is 16.5 Å². The van der Waals surface area contributed by atoms with E-state index in [9.17, 15) is 9.59 Å². The number of carbonyl (C=O) groups excluding carboxylic acids is 2. The molecular weight excluding hydrogens is 400 g/mol. The fourth-order valence-electron chi connectivity index (χ4n) is 2.95. The smallest absolute Gasteiger partial charge is 0.287 e. The van der Waals surface area contributed by atoms with Crippen molar-refractivity contribution >= 4 is 39.2 Å². The second-order valence-corrected chi connectivity index (χ2v) is 8.11. The van der Waals surface area contributed by atoms with Gasteiger partial charge in [-0.05, 0) is 42.3 Å². The highest BCUT2D eigenvalue weighted by Crippen LogP contribution is 2.29. The van der Waals surface area contributed by atoms with E-state index in [1.54, 1.807) is 35.7 Å². The van der Waals surface area contributed by atoms with Crippen LogP contribution in [0.4, 0.5) is 5.82 Å². The van der Waals surface area contributed by atoms with Gasteiger partial charge in [-0.1, -0.05) is 26.0 Å². The molecule has 4 rings (SSSR count). The molecule has 0 fully saturated rings. The Balaban J connectivity index is 1.45. The molecule has 2 amide bonds. The van der Waals surface area contributed by atoms with Crippen LogP contribution in [0.5, 0.6) is 0 Å². The average Bonchev–Trinajstić information content (AvgIpc) is 3.42. The highest BCUT2D eigenvalue weighted by molar-refractivity contribution is 7.21. The number of pyridine rings is 1. The zero-order chi connectivity index (χ0) is 21.1. The normalized spacial score (nSPS) is 12.1. The SMILES string of the molecule is CC(C)C(NC(=O)c1ccco1)C(=O)Nc1ccc(-c2nc3ccccc3s2)cn1. The van der Waals surface area contributed by atoms with Crippen molar-refractivity contribution in [2.24, 2.45) is 5.92 Å². The van der Waals surface area contributed by atoms with Crippen molar-refractivity contribution in [3.8, 4) is 10.6 Å². The highest BCUT2D eigenvalue weighted by Gasteiger charge is 2.26. The summed E-state index contributed by atoms with van der Waals surface area (Å²) < 4.78 is 6.20. The minimum atomic E-state index is -0.728. The van der Waals surface area contributed by atoms with Gasteiger partial charge < -0.3 is 15.1 Å². The van der Waals surface area contributed by atoms with E-state index in [2.05, 4.69) is 20.6 Å². The maximum Gasteiger partial charge on any atom is 0.287 e. The number of anilines is 1. The van der Waals surface area contributed by atoms with Crippen LogP contribution in [0, 0.1) is 5.92 Å². The van der Waals surface area contributed by atoms with Crippen LogP contribution in [0.1, 0.15) is 24.4 Å². The molecule has 1 unspecified atom stereocenters. The summed E-state index contributed by atoms with van der Waals surface area (Å²) in [5.41, 5.74) is 1.82. The molecule has 152 valence electrons. The van der Waals surface area contributed by atoms with Gasteiger partial charge in [0.15, 0.2) is 5.76 Å². The number of carbonyl (C=O) groups is 2. The third-order valence-corrected chi connectivity index (χ3v) is 5.62. The number of thiazole rings is 1. The summed E-state index contributed by atoms with van der Waals surface area (Å²) in [6, 6.07) is 14.0. The van der Waals surface area contributed by atoms with Crippen molar-refractivity contribution in [2.45, 2.75) is 19.9 Å². The number of rotatable bonds is 6. The third kappa shape index (κ3) is 4.23. The number of para-hydroxylation sites is 1. The van der Waals surface area contributed by atoms with Crippen LogP contribution >= 0.6 is 11.3 Å². The van der Waals surface area contributed by atoms with Crippen LogP contribution in [0.2, 0.25) is 0 Å². The number of furan rings is 1. The highest BCUT2D eigenvalue weighted by atomic mass is 32.1. The summed E-state index contributed by atoms with van der Waals surface area (Å²) >= 11 is 1.59. The first-order valence-electron chi connectivity index (χ1n) is 9.48. The van der Waals surface area contributed by atoms with Gasteiger partial charge in [-0.15, -0.1) is 11.3 Å². The van der Waals surface area contributed by atoms with Crippen molar-refractivity contribution in [2.75, 3.05) is 5.32 Å². The van der Waals surface area contributed by atoms with Gasteiger partial charge in [-0.3, -0.25) is 9.59 Å². The van der Waals surface area contributed by atoms with Crippen molar-refractivity contribution in [1.29, 1.82) is 0 Å². The van der Waals surface area contributed by atoms with Crippen molar-refractivity contribution in [1.82, 2.24) is 15.3 Å². The standard InChI is InChI=1S/C22H20N4O3S/c1-13(2)19(26-20(27)16-7-5-11-29-16)21(28)25-18-10-9-14(12-23-18)22-24-15-6-3-4-8-17(15)30-22/h3-13,19H,1-2H3,(H,26,27)(H,23,25,28). The number of amides is 2. The topological polar surface area (TPSA) is 97.1 Å². The van der Waals surface area contributed by atoms with Gasteiger partial charge in [0.2, 0.25) is 5.91 Å². The number of aromatic nitrogens is 2. The predicted molar refractivity (Wildman–Crippen MR) is 116 cm³/mol. The van der Waals surface area contributed by atoms with Gasteiger partial charge in [-0.25, -0.2) is 9.97 Å². The zero-order valence-corrected chi connectivity index (χ0v) is 17.3. The summed E-state index contributed by atoms with van der Waals surface area (Å²) in [5.74, 6) is -0.335. The minimum absolute atomic E-state index is 0.120. The molecular formula is C22H20N4O3S. The second kappa shape index (κ2) is 8.46.